The Labute approximate surface area is 142 Å². The first-order valence-electron chi connectivity index (χ1n) is 7.19. The molecule has 0 unspecified atom stereocenters. The van der Waals surface area contributed by atoms with Crippen LogP contribution in [0.4, 0.5) is 10.1 Å². The average Bonchev–Trinajstić information content (AvgIpc) is 2.56. The summed E-state index contributed by atoms with van der Waals surface area (Å²) in [6.07, 6.45) is 0. The van der Waals surface area contributed by atoms with Crippen LogP contribution in [-0.4, -0.2) is 37.0 Å². The number of benzene rings is 2. The van der Waals surface area contributed by atoms with Gasteiger partial charge in [-0.1, -0.05) is 0 Å². The van der Waals surface area contributed by atoms with Crippen molar-refractivity contribution < 1.29 is 9.18 Å². The molecular weight excluding hydrogens is 394 g/mol. The number of carbonyl (C=O) groups is 1. The smallest absolute Gasteiger partial charge is 0.253 e. The van der Waals surface area contributed by atoms with Crippen LogP contribution in [0.5, 0.6) is 0 Å². The monoisotopic (exact) mass is 410 g/mol. The topological polar surface area (TPSA) is 23.6 Å². The molecule has 2 aromatic rings. The quantitative estimate of drug-likeness (QED) is 0.709. The van der Waals surface area contributed by atoms with E-state index in [0.717, 1.165) is 27.9 Å². The molecule has 3 rings (SSSR count). The van der Waals surface area contributed by atoms with Gasteiger partial charge in [0.25, 0.3) is 5.91 Å². The predicted molar refractivity (Wildman–Crippen MR) is 93.7 cm³/mol. The number of hydrogen-bond acceptors (Lipinski definition) is 2. The van der Waals surface area contributed by atoms with Crippen molar-refractivity contribution in [2.24, 2.45) is 0 Å². The highest BCUT2D eigenvalue weighted by molar-refractivity contribution is 14.1. The summed E-state index contributed by atoms with van der Waals surface area (Å²) in [4.78, 5) is 16.5. The van der Waals surface area contributed by atoms with Crippen LogP contribution in [0.15, 0.2) is 48.5 Å². The van der Waals surface area contributed by atoms with E-state index in [-0.39, 0.29) is 11.7 Å². The molecule has 0 aromatic heterocycles. The first-order chi connectivity index (χ1) is 10.6. The first-order valence-corrected chi connectivity index (χ1v) is 8.27. The van der Waals surface area contributed by atoms with Crippen molar-refractivity contribution >= 4 is 34.2 Å². The van der Waals surface area contributed by atoms with E-state index in [2.05, 4.69) is 27.5 Å². The number of anilines is 1. The van der Waals surface area contributed by atoms with Gasteiger partial charge >= 0.3 is 0 Å². The molecule has 1 fully saturated rings. The summed E-state index contributed by atoms with van der Waals surface area (Å²) in [5.41, 5.74) is 1.73. The molecule has 5 heteroatoms. The van der Waals surface area contributed by atoms with Crippen LogP contribution in [0, 0.1) is 9.39 Å². The third-order valence-electron chi connectivity index (χ3n) is 3.85. The number of piperazine rings is 1. The molecular formula is C17H16FIN2O. The molecule has 1 aliphatic heterocycles. The van der Waals surface area contributed by atoms with E-state index in [1.165, 1.54) is 12.1 Å². The molecule has 1 saturated heterocycles. The maximum atomic E-state index is 13.0. The van der Waals surface area contributed by atoms with Gasteiger partial charge in [-0.3, -0.25) is 4.79 Å². The van der Waals surface area contributed by atoms with Crippen molar-refractivity contribution in [1.82, 2.24) is 4.90 Å². The van der Waals surface area contributed by atoms with Crippen molar-refractivity contribution in [3.8, 4) is 0 Å². The molecule has 0 bridgehead atoms. The standard InChI is InChI=1S/C17H16FIN2O/c18-14-3-7-16(8-4-14)20-9-11-21(12-10-20)17(22)13-1-5-15(19)6-2-13/h1-8H,9-12H2. The summed E-state index contributed by atoms with van der Waals surface area (Å²) in [7, 11) is 0. The van der Waals surface area contributed by atoms with Crippen molar-refractivity contribution in [3.05, 3.63) is 63.5 Å². The molecule has 2 aromatic carbocycles. The van der Waals surface area contributed by atoms with Crippen molar-refractivity contribution in [1.29, 1.82) is 0 Å². The van der Waals surface area contributed by atoms with Gasteiger partial charge in [-0.2, -0.15) is 0 Å². The molecule has 0 aliphatic carbocycles. The fourth-order valence-corrected chi connectivity index (χ4v) is 2.95. The van der Waals surface area contributed by atoms with E-state index in [9.17, 15) is 9.18 Å². The molecule has 3 nitrogen and oxygen atoms in total. The summed E-state index contributed by atoms with van der Waals surface area (Å²) in [5, 5.41) is 0. The highest BCUT2D eigenvalue weighted by Gasteiger charge is 2.22. The van der Waals surface area contributed by atoms with E-state index in [1.54, 1.807) is 12.1 Å². The number of halogens is 2. The first kappa shape index (κ1) is 15.3. The van der Waals surface area contributed by atoms with Crippen molar-refractivity contribution in [2.45, 2.75) is 0 Å². The second-order valence-corrected chi connectivity index (χ2v) is 6.51. The fraction of sp³-hybridized carbons (Fsp3) is 0.235. The zero-order chi connectivity index (χ0) is 15.5. The van der Waals surface area contributed by atoms with Gasteiger partial charge in [-0.05, 0) is 71.1 Å². The second kappa shape index (κ2) is 6.64. The molecule has 0 radical (unpaired) electrons. The van der Waals surface area contributed by atoms with E-state index < -0.39 is 0 Å². The van der Waals surface area contributed by atoms with Gasteiger partial charge in [0.1, 0.15) is 5.82 Å². The van der Waals surface area contributed by atoms with Gasteiger partial charge in [-0.25, -0.2) is 4.39 Å². The second-order valence-electron chi connectivity index (χ2n) is 5.26. The number of carbonyl (C=O) groups excluding carboxylic acids is 1. The summed E-state index contributed by atoms with van der Waals surface area (Å²) < 4.78 is 14.1. The summed E-state index contributed by atoms with van der Waals surface area (Å²) in [5.74, 6) is -0.147. The van der Waals surface area contributed by atoms with Gasteiger partial charge in [0.2, 0.25) is 0 Å². The molecule has 1 amide bonds. The van der Waals surface area contributed by atoms with E-state index in [4.69, 9.17) is 0 Å². The minimum atomic E-state index is -0.226. The number of rotatable bonds is 2. The molecule has 0 spiro atoms. The molecule has 0 atom stereocenters. The zero-order valence-corrected chi connectivity index (χ0v) is 14.2. The average molecular weight is 410 g/mol. The fourth-order valence-electron chi connectivity index (χ4n) is 2.59. The van der Waals surface area contributed by atoms with Crippen LogP contribution >= 0.6 is 22.6 Å². The molecule has 22 heavy (non-hydrogen) atoms. The molecule has 114 valence electrons. The summed E-state index contributed by atoms with van der Waals surface area (Å²) >= 11 is 2.23. The van der Waals surface area contributed by atoms with Gasteiger partial charge in [0.05, 0.1) is 0 Å². The SMILES string of the molecule is O=C(c1ccc(I)cc1)N1CCN(c2ccc(F)cc2)CC1. The lowest BCUT2D eigenvalue weighted by molar-refractivity contribution is 0.0747. The minimum Gasteiger partial charge on any atom is -0.368 e. The summed E-state index contributed by atoms with van der Waals surface area (Å²) in [6, 6.07) is 14.1. The number of amides is 1. The van der Waals surface area contributed by atoms with E-state index >= 15 is 0 Å². The lowest BCUT2D eigenvalue weighted by atomic mass is 10.1. The van der Waals surface area contributed by atoms with E-state index in [0.29, 0.717) is 13.1 Å². The Morgan fingerprint density at radius 2 is 1.50 bits per heavy atom. The molecule has 0 N–H and O–H groups in total. The van der Waals surface area contributed by atoms with Crippen molar-refractivity contribution in [2.75, 3.05) is 31.1 Å². The van der Waals surface area contributed by atoms with Gasteiger partial charge in [0, 0.05) is 41.0 Å². The van der Waals surface area contributed by atoms with Gasteiger partial charge in [0.15, 0.2) is 0 Å². The Morgan fingerprint density at radius 1 is 0.909 bits per heavy atom. The van der Waals surface area contributed by atoms with E-state index in [1.807, 2.05) is 29.2 Å². The molecule has 0 saturated carbocycles. The van der Waals surface area contributed by atoms with Gasteiger partial charge < -0.3 is 9.80 Å². The molecule has 1 heterocycles. The lowest BCUT2D eigenvalue weighted by Gasteiger charge is -2.36. The Balaban J connectivity index is 1.62. The highest BCUT2D eigenvalue weighted by Crippen LogP contribution is 2.18. The van der Waals surface area contributed by atoms with Crippen LogP contribution in [-0.2, 0) is 0 Å². The van der Waals surface area contributed by atoms with Crippen molar-refractivity contribution in [3.63, 3.8) is 0 Å². The van der Waals surface area contributed by atoms with Gasteiger partial charge in [-0.15, -0.1) is 0 Å². The third kappa shape index (κ3) is 3.40. The van der Waals surface area contributed by atoms with Crippen LogP contribution in [0.25, 0.3) is 0 Å². The third-order valence-corrected chi connectivity index (χ3v) is 4.57. The zero-order valence-electron chi connectivity index (χ0n) is 12.0. The largest absolute Gasteiger partial charge is 0.368 e. The van der Waals surface area contributed by atoms with Crippen LogP contribution in [0.1, 0.15) is 10.4 Å². The Bertz CT molecular complexity index is 649. The minimum absolute atomic E-state index is 0.0788. The maximum Gasteiger partial charge on any atom is 0.253 e. The predicted octanol–water partition coefficient (Wildman–Crippen LogP) is 3.39. The number of nitrogens with zero attached hydrogens (tertiary/aromatic N) is 2. The lowest BCUT2D eigenvalue weighted by Crippen LogP contribution is -2.48. The van der Waals surface area contributed by atoms with Crippen LogP contribution < -0.4 is 4.90 Å². The van der Waals surface area contributed by atoms with Crippen LogP contribution in [0.2, 0.25) is 0 Å². The Morgan fingerprint density at radius 3 is 2.09 bits per heavy atom. The highest BCUT2D eigenvalue weighted by atomic mass is 127. The summed E-state index contributed by atoms with van der Waals surface area (Å²) in [6.45, 7) is 2.90. The number of hydrogen-bond donors (Lipinski definition) is 0. The Hall–Kier alpha value is -1.63. The Kier molecular flexibility index (Phi) is 4.61. The molecule has 1 aliphatic rings. The van der Waals surface area contributed by atoms with Crippen LogP contribution in [0.3, 0.4) is 0 Å². The normalized spacial score (nSPS) is 15.0. The maximum absolute atomic E-state index is 13.0.